The molecule has 0 aliphatic carbocycles. The van der Waals surface area contributed by atoms with Crippen molar-refractivity contribution in [3.63, 3.8) is 0 Å². The van der Waals surface area contributed by atoms with E-state index in [1.807, 2.05) is 0 Å². The summed E-state index contributed by atoms with van der Waals surface area (Å²) in [4.78, 5) is 22.2. The predicted molar refractivity (Wildman–Crippen MR) is 42.6 cm³/mol. The molecule has 7 nitrogen and oxygen atoms in total. The number of halogens is 1. The quantitative estimate of drug-likeness (QED) is 0.412. The molecule has 0 aliphatic rings. The van der Waals surface area contributed by atoms with Gasteiger partial charge in [0.05, 0.1) is 9.85 Å². The molecule has 1 rings (SSSR count). The van der Waals surface area contributed by atoms with E-state index in [9.17, 15) is 20.2 Å². The minimum Gasteiger partial charge on any atom is -0.258 e. The third-order valence-corrected chi connectivity index (χ3v) is 1.51. The Kier molecular flexibility index (Phi) is 2.38. The van der Waals surface area contributed by atoms with Gasteiger partial charge in [-0.05, 0) is 0 Å². The Morgan fingerprint density at radius 2 is 1.92 bits per heavy atom. The highest BCUT2D eigenvalue weighted by atomic mass is 35.5. The SMILES string of the molecule is O=[N+]([O-])c1ccnc(Cl)c1[N+](=O)[O-]. The van der Waals surface area contributed by atoms with Crippen molar-refractivity contribution in [2.45, 2.75) is 0 Å². The Morgan fingerprint density at radius 3 is 2.31 bits per heavy atom. The monoisotopic (exact) mass is 203 g/mol. The maximum Gasteiger partial charge on any atom is 0.382 e. The Hall–Kier alpha value is -1.76. The molecule has 1 heterocycles. The van der Waals surface area contributed by atoms with Gasteiger partial charge < -0.3 is 0 Å². The molecule has 0 N–H and O–H groups in total. The van der Waals surface area contributed by atoms with Gasteiger partial charge in [0.25, 0.3) is 0 Å². The van der Waals surface area contributed by atoms with Crippen LogP contribution in [0.4, 0.5) is 11.4 Å². The number of aromatic nitrogens is 1. The van der Waals surface area contributed by atoms with E-state index in [0.29, 0.717) is 0 Å². The summed E-state index contributed by atoms with van der Waals surface area (Å²) in [5.41, 5.74) is -1.45. The zero-order chi connectivity index (χ0) is 10.0. The van der Waals surface area contributed by atoms with E-state index in [2.05, 4.69) is 4.98 Å². The first-order valence-corrected chi connectivity index (χ1v) is 3.35. The van der Waals surface area contributed by atoms with E-state index in [-0.39, 0.29) is 0 Å². The molecule has 68 valence electrons. The summed E-state index contributed by atoms with van der Waals surface area (Å²) in [5, 5.41) is 20.1. The molecule has 0 atom stereocenters. The summed E-state index contributed by atoms with van der Waals surface area (Å²) in [5.74, 6) is 0. The summed E-state index contributed by atoms with van der Waals surface area (Å²) in [6, 6.07) is 0.921. The molecule has 0 radical (unpaired) electrons. The molecule has 8 heteroatoms. The van der Waals surface area contributed by atoms with E-state index in [0.717, 1.165) is 12.3 Å². The van der Waals surface area contributed by atoms with Gasteiger partial charge in [0.15, 0.2) is 0 Å². The molecule has 0 bridgehead atoms. The van der Waals surface area contributed by atoms with Crippen LogP contribution >= 0.6 is 11.6 Å². The van der Waals surface area contributed by atoms with Crippen LogP contribution < -0.4 is 0 Å². The van der Waals surface area contributed by atoms with Crippen LogP contribution in [0.15, 0.2) is 12.3 Å². The molecule has 0 unspecified atom stereocenters. The zero-order valence-electron chi connectivity index (χ0n) is 6.01. The van der Waals surface area contributed by atoms with Crippen LogP contribution in [0, 0.1) is 20.2 Å². The van der Waals surface area contributed by atoms with Gasteiger partial charge in [-0.25, -0.2) is 4.98 Å². The molecule has 0 amide bonds. The molecule has 1 aromatic heterocycles. The summed E-state index contributed by atoms with van der Waals surface area (Å²) in [7, 11) is 0. The number of nitrogens with zero attached hydrogens (tertiary/aromatic N) is 3. The topological polar surface area (TPSA) is 99.2 Å². The third kappa shape index (κ3) is 1.70. The van der Waals surface area contributed by atoms with E-state index in [1.54, 1.807) is 0 Å². The molecule has 0 spiro atoms. The largest absolute Gasteiger partial charge is 0.382 e. The lowest BCUT2D eigenvalue weighted by molar-refractivity contribution is -0.422. The number of pyridine rings is 1. The fourth-order valence-electron chi connectivity index (χ4n) is 0.735. The highest BCUT2D eigenvalue weighted by Crippen LogP contribution is 2.31. The smallest absolute Gasteiger partial charge is 0.258 e. The fraction of sp³-hybridized carbons (Fsp3) is 0. The highest BCUT2D eigenvalue weighted by Gasteiger charge is 2.28. The molecule has 0 fully saturated rings. The van der Waals surface area contributed by atoms with E-state index in [1.165, 1.54) is 0 Å². The molecule has 0 saturated carbocycles. The Labute approximate surface area is 76.3 Å². The van der Waals surface area contributed by atoms with E-state index < -0.39 is 26.4 Å². The zero-order valence-corrected chi connectivity index (χ0v) is 6.76. The van der Waals surface area contributed by atoms with Crippen LogP contribution in [0.1, 0.15) is 0 Å². The van der Waals surface area contributed by atoms with E-state index >= 15 is 0 Å². The summed E-state index contributed by atoms with van der Waals surface area (Å²) in [6.45, 7) is 0. The van der Waals surface area contributed by atoms with Gasteiger partial charge in [-0.1, -0.05) is 11.6 Å². The second kappa shape index (κ2) is 3.31. The van der Waals surface area contributed by atoms with Gasteiger partial charge in [-0.3, -0.25) is 20.2 Å². The average Bonchev–Trinajstić information content (AvgIpc) is 2.02. The molecule has 1 aromatic rings. The van der Waals surface area contributed by atoms with Crippen molar-refractivity contribution in [2.75, 3.05) is 0 Å². The highest BCUT2D eigenvalue weighted by molar-refractivity contribution is 6.31. The first-order chi connectivity index (χ1) is 6.04. The Balaban J connectivity index is 3.43. The number of hydrogen-bond donors (Lipinski definition) is 0. The van der Waals surface area contributed by atoms with Crippen LogP contribution in [-0.4, -0.2) is 14.8 Å². The normalized spacial score (nSPS) is 9.62. The van der Waals surface area contributed by atoms with Crippen LogP contribution in [0.25, 0.3) is 0 Å². The van der Waals surface area contributed by atoms with Crippen molar-refractivity contribution >= 4 is 23.0 Å². The first-order valence-electron chi connectivity index (χ1n) is 2.97. The summed E-state index contributed by atoms with van der Waals surface area (Å²) < 4.78 is 0. The Bertz CT molecular complexity index is 380. The molecule has 13 heavy (non-hydrogen) atoms. The lowest BCUT2D eigenvalue weighted by atomic mass is 10.3. The van der Waals surface area contributed by atoms with Gasteiger partial charge in [0, 0.05) is 12.3 Å². The first kappa shape index (κ1) is 9.33. The van der Waals surface area contributed by atoms with Gasteiger partial charge >= 0.3 is 11.4 Å². The number of rotatable bonds is 2. The summed E-state index contributed by atoms with van der Waals surface area (Å²) in [6.07, 6.45) is 1.04. The fourth-order valence-corrected chi connectivity index (χ4v) is 0.957. The number of nitro groups is 2. The maximum atomic E-state index is 10.3. The van der Waals surface area contributed by atoms with Crippen molar-refractivity contribution in [1.82, 2.24) is 4.98 Å². The van der Waals surface area contributed by atoms with Crippen molar-refractivity contribution in [1.29, 1.82) is 0 Å². The van der Waals surface area contributed by atoms with Gasteiger partial charge in [0.2, 0.25) is 5.15 Å². The maximum absolute atomic E-state index is 10.3. The lowest BCUT2D eigenvalue weighted by Gasteiger charge is -1.94. The minimum atomic E-state index is -0.937. The Morgan fingerprint density at radius 1 is 1.31 bits per heavy atom. The second-order valence-corrected chi connectivity index (χ2v) is 2.34. The van der Waals surface area contributed by atoms with Crippen LogP contribution in [0.5, 0.6) is 0 Å². The predicted octanol–water partition coefficient (Wildman–Crippen LogP) is 1.55. The second-order valence-electron chi connectivity index (χ2n) is 1.98. The van der Waals surface area contributed by atoms with Crippen molar-refractivity contribution in [3.8, 4) is 0 Å². The van der Waals surface area contributed by atoms with E-state index in [4.69, 9.17) is 11.6 Å². The third-order valence-electron chi connectivity index (χ3n) is 1.24. The molecular formula is C5H2ClN3O4. The molecule has 0 aliphatic heterocycles. The average molecular weight is 204 g/mol. The van der Waals surface area contributed by atoms with Crippen molar-refractivity contribution in [3.05, 3.63) is 37.6 Å². The van der Waals surface area contributed by atoms with Gasteiger partial charge in [0.1, 0.15) is 0 Å². The lowest BCUT2D eigenvalue weighted by Crippen LogP contribution is -1.98. The standard InChI is InChI=1S/C5H2ClN3O4/c6-5-4(9(12)13)3(8(10)11)1-2-7-5/h1-2H. The summed E-state index contributed by atoms with van der Waals surface area (Å²) >= 11 is 5.31. The molecular weight excluding hydrogens is 202 g/mol. The number of hydrogen-bond acceptors (Lipinski definition) is 5. The van der Waals surface area contributed by atoms with Crippen LogP contribution in [-0.2, 0) is 0 Å². The van der Waals surface area contributed by atoms with Gasteiger partial charge in [-0.2, -0.15) is 0 Å². The van der Waals surface area contributed by atoms with Gasteiger partial charge in [-0.15, -0.1) is 0 Å². The van der Waals surface area contributed by atoms with Crippen molar-refractivity contribution in [2.24, 2.45) is 0 Å². The minimum absolute atomic E-state index is 0.487. The van der Waals surface area contributed by atoms with Crippen molar-refractivity contribution < 1.29 is 9.85 Å². The van der Waals surface area contributed by atoms with Crippen LogP contribution in [0.2, 0.25) is 5.15 Å². The molecule has 0 saturated heterocycles. The van der Waals surface area contributed by atoms with Crippen LogP contribution in [0.3, 0.4) is 0 Å². The molecule has 0 aromatic carbocycles.